The predicted octanol–water partition coefficient (Wildman–Crippen LogP) is 4.89. The molecule has 0 radical (unpaired) electrons. The second-order valence-corrected chi connectivity index (χ2v) is 9.29. The first-order chi connectivity index (χ1) is 18.9. The van der Waals surface area contributed by atoms with Gasteiger partial charge in [-0.3, -0.25) is 0 Å². The second kappa shape index (κ2) is 14.3. The molecule has 202 valence electrons. The number of hydrogen-bond acceptors (Lipinski definition) is 7. The Hall–Kier alpha value is -4.69. The zero-order valence-corrected chi connectivity index (χ0v) is 22.5. The Kier molecular flexibility index (Phi) is 10.6. The number of carbonyl (C=O) groups is 1. The lowest BCUT2D eigenvalue weighted by Gasteiger charge is -2.37. The molecule has 0 atom stereocenters. The Morgan fingerprint density at radius 2 is 1.82 bits per heavy atom. The van der Waals surface area contributed by atoms with Crippen LogP contribution in [0.25, 0.3) is 5.57 Å². The van der Waals surface area contributed by atoms with Gasteiger partial charge in [-0.05, 0) is 55.4 Å². The van der Waals surface area contributed by atoms with Crippen LogP contribution in [0.15, 0.2) is 95.0 Å². The van der Waals surface area contributed by atoms with E-state index in [1.807, 2.05) is 55.5 Å². The number of amides is 1. The first-order valence-corrected chi connectivity index (χ1v) is 13.2. The van der Waals surface area contributed by atoms with E-state index >= 15 is 0 Å². The molecular formula is C31H36N6O2. The van der Waals surface area contributed by atoms with Gasteiger partial charge in [0.1, 0.15) is 11.8 Å². The van der Waals surface area contributed by atoms with E-state index in [0.29, 0.717) is 55.2 Å². The van der Waals surface area contributed by atoms with Crippen LogP contribution in [0, 0.1) is 22.7 Å². The largest absolute Gasteiger partial charge is 0.450 e. The zero-order valence-electron chi connectivity index (χ0n) is 22.5. The highest BCUT2D eigenvalue weighted by Crippen LogP contribution is 2.36. The highest BCUT2D eigenvalue weighted by atomic mass is 16.6. The zero-order chi connectivity index (χ0) is 28.2. The molecule has 1 aromatic rings. The molecule has 1 heterocycles. The Labute approximate surface area is 231 Å². The molecule has 3 rings (SSSR count). The summed E-state index contributed by atoms with van der Waals surface area (Å²) in [4.78, 5) is 16.3. The lowest BCUT2D eigenvalue weighted by atomic mass is 9.96. The van der Waals surface area contributed by atoms with E-state index < -0.39 is 0 Å². The lowest BCUT2D eigenvalue weighted by molar-refractivity contribution is 0.0873. The number of hydrogen-bond donors (Lipinski definition) is 2. The van der Waals surface area contributed by atoms with Gasteiger partial charge in [-0.15, -0.1) is 0 Å². The molecule has 1 saturated heterocycles. The normalized spacial score (nSPS) is 17.7. The number of nitrogens with zero attached hydrogens (tertiary/aromatic N) is 4. The molecule has 1 amide bonds. The molecule has 8 heteroatoms. The van der Waals surface area contributed by atoms with Crippen molar-refractivity contribution in [2.24, 2.45) is 11.5 Å². The summed E-state index contributed by atoms with van der Waals surface area (Å²) in [5.74, 6) is 0. The van der Waals surface area contributed by atoms with E-state index in [1.54, 1.807) is 11.0 Å². The minimum absolute atomic E-state index is 0.00523. The summed E-state index contributed by atoms with van der Waals surface area (Å²) in [5.41, 5.74) is 17.5. The second-order valence-electron chi connectivity index (χ2n) is 9.29. The van der Waals surface area contributed by atoms with Crippen LogP contribution >= 0.6 is 0 Å². The van der Waals surface area contributed by atoms with Crippen LogP contribution in [0.5, 0.6) is 0 Å². The van der Waals surface area contributed by atoms with Crippen LogP contribution in [-0.2, 0) is 4.74 Å². The summed E-state index contributed by atoms with van der Waals surface area (Å²) in [6, 6.07) is 13.4. The van der Waals surface area contributed by atoms with Crippen molar-refractivity contribution in [2.45, 2.75) is 32.6 Å². The first kappa shape index (κ1) is 28.9. The third-order valence-electron chi connectivity index (χ3n) is 6.65. The Bertz CT molecular complexity index is 1300. The summed E-state index contributed by atoms with van der Waals surface area (Å²) < 4.78 is 5.17. The van der Waals surface area contributed by atoms with Crippen LogP contribution in [0.4, 0.5) is 4.79 Å². The lowest BCUT2D eigenvalue weighted by Crippen LogP contribution is -2.48. The number of rotatable bonds is 9. The summed E-state index contributed by atoms with van der Waals surface area (Å²) in [5, 5.41) is 19.4. The molecule has 0 aromatic heterocycles. The number of carbonyl (C=O) groups excluding carboxylic acids is 1. The maximum atomic E-state index is 12.2. The van der Waals surface area contributed by atoms with Gasteiger partial charge in [0.25, 0.3) is 0 Å². The summed E-state index contributed by atoms with van der Waals surface area (Å²) in [6.45, 7) is 8.54. The van der Waals surface area contributed by atoms with Gasteiger partial charge < -0.3 is 26.0 Å². The third-order valence-corrected chi connectivity index (χ3v) is 6.65. The molecule has 1 aliphatic heterocycles. The van der Waals surface area contributed by atoms with E-state index in [1.165, 1.54) is 11.3 Å². The average molecular weight is 525 g/mol. The number of nitriles is 2. The number of piperazine rings is 1. The van der Waals surface area contributed by atoms with Gasteiger partial charge >= 0.3 is 6.09 Å². The van der Waals surface area contributed by atoms with Gasteiger partial charge in [0, 0.05) is 43.1 Å². The highest BCUT2D eigenvalue weighted by molar-refractivity contribution is 5.86. The van der Waals surface area contributed by atoms with Crippen LogP contribution in [-0.4, -0.2) is 48.7 Å². The monoisotopic (exact) mass is 524 g/mol. The molecule has 0 unspecified atom stereocenters. The van der Waals surface area contributed by atoms with Crippen molar-refractivity contribution < 1.29 is 9.53 Å². The van der Waals surface area contributed by atoms with E-state index in [-0.39, 0.29) is 11.8 Å². The van der Waals surface area contributed by atoms with E-state index in [2.05, 4.69) is 23.6 Å². The van der Waals surface area contributed by atoms with Gasteiger partial charge in [-0.25, -0.2) is 4.79 Å². The quantitative estimate of drug-likeness (QED) is 0.347. The fourth-order valence-electron chi connectivity index (χ4n) is 4.79. The fraction of sp³-hybridized carbons (Fsp3) is 0.323. The molecule has 0 saturated carbocycles. The summed E-state index contributed by atoms with van der Waals surface area (Å²) in [6.07, 6.45) is 10.8. The maximum Gasteiger partial charge on any atom is 0.409 e. The Balaban J connectivity index is 1.92. The maximum absolute atomic E-state index is 12.2. The van der Waals surface area contributed by atoms with Gasteiger partial charge in [0.15, 0.2) is 0 Å². The molecule has 1 aromatic carbocycles. The van der Waals surface area contributed by atoms with Crippen LogP contribution < -0.4 is 11.5 Å². The van der Waals surface area contributed by atoms with Crippen LogP contribution in [0.3, 0.4) is 0 Å². The van der Waals surface area contributed by atoms with Crippen molar-refractivity contribution in [3.05, 3.63) is 101 Å². The first-order valence-electron chi connectivity index (χ1n) is 13.2. The van der Waals surface area contributed by atoms with Crippen molar-refractivity contribution in [1.82, 2.24) is 9.80 Å². The van der Waals surface area contributed by atoms with E-state index in [4.69, 9.17) is 16.2 Å². The Morgan fingerprint density at radius 3 is 2.44 bits per heavy atom. The topological polar surface area (TPSA) is 132 Å². The number of allylic oxidation sites excluding steroid dienone is 10. The molecule has 0 spiro atoms. The molecule has 0 bridgehead atoms. The van der Waals surface area contributed by atoms with Gasteiger partial charge in [0.2, 0.25) is 0 Å². The standard InChI is InChI=1S/C31H36N6O2/c1-3-39-31(38)37-19-17-36(18-20-37)30-25(12-7-9-23(2)34)15-16-26(30)13-8-14-27(21-32)29(28(35)22-33)24-10-5-4-6-11-24/h4-6,8,10-14H,2-3,7,9,15-20,34-35H2,1H3/b13-8+,25-12+,27-14+,29-28+. The van der Waals surface area contributed by atoms with E-state index in [9.17, 15) is 15.3 Å². The van der Waals surface area contributed by atoms with Crippen molar-refractivity contribution in [3.63, 3.8) is 0 Å². The minimum Gasteiger partial charge on any atom is -0.450 e. The van der Waals surface area contributed by atoms with Crippen molar-refractivity contribution in [3.8, 4) is 12.1 Å². The molecule has 39 heavy (non-hydrogen) atoms. The van der Waals surface area contributed by atoms with E-state index in [0.717, 1.165) is 31.3 Å². The molecule has 8 nitrogen and oxygen atoms in total. The van der Waals surface area contributed by atoms with Crippen molar-refractivity contribution >= 4 is 11.7 Å². The molecule has 4 N–H and O–H groups in total. The summed E-state index contributed by atoms with van der Waals surface area (Å²) >= 11 is 0. The molecule has 1 aliphatic carbocycles. The smallest absolute Gasteiger partial charge is 0.409 e. The number of ether oxygens (including phenoxy) is 1. The average Bonchev–Trinajstić information content (AvgIpc) is 3.35. The Morgan fingerprint density at radius 1 is 1.10 bits per heavy atom. The van der Waals surface area contributed by atoms with Gasteiger partial charge in [-0.1, -0.05) is 55.1 Å². The third kappa shape index (κ3) is 7.66. The van der Waals surface area contributed by atoms with Crippen LogP contribution in [0.1, 0.15) is 38.2 Å². The van der Waals surface area contributed by atoms with Gasteiger partial charge in [-0.2, -0.15) is 10.5 Å². The van der Waals surface area contributed by atoms with Crippen molar-refractivity contribution in [2.75, 3.05) is 32.8 Å². The van der Waals surface area contributed by atoms with Crippen molar-refractivity contribution in [1.29, 1.82) is 10.5 Å². The van der Waals surface area contributed by atoms with Crippen LogP contribution in [0.2, 0.25) is 0 Å². The SMILES string of the molecule is C=C(N)CC/C=C1\CCC(/C=C/C=C(C#N)/C(=C(/N)C#N)c2ccccc2)=C1N1CCN(C(=O)OCC)CC1. The molecular weight excluding hydrogens is 488 g/mol. The predicted molar refractivity (Wildman–Crippen MR) is 153 cm³/mol. The summed E-state index contributed by atoms with van der Waals surface area (Å²) in [7, 11) is 0. The molecule has 1 fully saturated rings. The highest BCUT2D eigenvalue weighted by Gasteiger charge is 2.28. The number of benzene rings is 1. The molecule has 2 aliphatic rings. The fourth-order valence-corrected chi connectivity index (χ4v) is 4.79. The number of nitrogens with two attached hydrogens (primary N) is 2. The van der Waals surface area contributed by atoms with Gasteiger partial charge in [0.05, 0.1) is 18.2 Å². The minimum atomic E-state index is -0.275.